The highest BCUT2D eigenvalue weighted by atomic mass is 16.6. The third kappa shape index (κ3) is 3.48. The topological polar surface area (TPSA) is 72.8 Å². The summed E-state index contributed by atoms with van der Waals surface area (Å²) in [6.07, 6.45) is 1.48. The van der Waals surface area contributed by atoms with E-state index in [9.17, 15) is 4.79 Å². The van der Waals surface area contributed by atoms with E-state index in [2.05, 4.69) is 15.5 Å². The average molecular weight is 311 g/mol. The molecule has 118 valence electrons. The maximum atomic E-state index is 12.2. The molecule has 0 saturated heterocycles. The fourth-order valence-electron chi connectivity index (χ4n) is 2.22. The van der Waals surface area contributed by atoms with E-state index >= 15 is 0 Å². The molecule has 0 saturated carbocycles. The van der Waals surface area contributed by atoms with Gasteiger partial charge < -0.3 is 14.9 Å². The van der Waals surface area contributed by atoms with Crippen LogP contribution < -0.4 is 10.1 Å². The van der Waals surface area contributed by atoms with Gasteiger partial charge in [-0.15, -0.1) is 0 Å². The van der Waals surface area contributed by atoms with E-state index in [0.29, 0.717) is 12.2 Å². The maximum Gasteiger partial charge on any atom is 0.269 e. The summed E-state index contributed by atoms with van der Waals surface area (Å²) in [5.74, 6) is 1.02. The SMILES string of the molecule is COc1ccc(C2=NOC(C(=O)Nc3ccc(C)cn3)C2)cc1. The lowest BCUT2D eigenvalue weighted by Crippen LogP contribution is -2.28. The van der Waals surface area contributed by atoms with Crippen molar-refractivity contribution in [1.82, 2.24) is 4.98 Å². The molecule has 1 aliphatic rings. The molecule has 3 rings (SSSR count). The monoisotopic (exact) mass is 311 g/mol. The molecule has 23 heavy (non-hydrogen) atoms. The van der Waals surface area contributed by atoms with Crippen molar-refractivity contribution in [1.29, 1.82) is 0 Å². The summed E-state index contributed by atoms with van der Waals surface area (Å²) in [7, 11) is 1.62. The summed E-state index contributed by atoms with van der Waals surface area (Å²) in [4.78, 5) is 21.6. The number of benzene rings is 1. The third-order valence-electron chi connectivity index (χ3n) is 3.55. The van der Waals surface area contributed by atoms with E-state index in [0.717, 1.165) is 22.6 Å². The molecular weight excluding hydrogens is 294 g/mol. The first kappa shape index (κ1) is 15.0. The van der Waals surface area contributed by atoms with Gasteiger partial charge in [0.15, 0.2) is 0 Å². The van der Waals surface area contributed by atoms with Crippen molar-refractivity contribution in [3.63, 3.8) is 0 Å². The summed E-state index contributed by atoms with van der Waals surface area (Å²) < 4.78 is 5.12. The first-order valence-corrected chi connectivity index (χ1v) is 7.26. The number of hydrogen-bond acceptors (Lipinski definition) is 5. The molecule has 1 aliphatic heterocycles. The normalized spacial score (nSPS) is 16.4. The van der Waals surface area contributed by atoms with Crippen LogP contribution in [0.4, 0.5) is 5.82 Å². The van der Waals surface area contributed by atoms with Crippen LogP contribution in [0.2, 0.25) is 0 Å². The number of methoxy groups -OCH3 is 1. The number of anilines is 1. The van der Waals surface area contributed by atoms with Crippen LogP contribution in [0.1, 0.15) is 17.5 Å². The number of oxime groups is 1. The Balaban J connectivity index is 1.61. The predicted octanol–water partition coefficient (Wildman–Crippen LogP) is 2.53. The summed E-state index contributed by atoms with van der Waals surface area (Å²) in [6, 6.07) is 11.1. The molecule has 6 heteroatoms. The number of aromatic nitrogens is 1. The minimum atomic E-state index is -0.643. The lowest BCUT2D eigenvalue weighted by molar-refractivity contribution is -0.125. The zero-order chi connectivity index (χ0) is 16.2. The highest BCUT2D eigenvalue weighted by molar-refractivity contribution is 6.06. The number of nitrogens with one attached hydrogen (secondary N) is 1. The minimum absolute atomic E-state index is 0.256. The van der Waals surface area contributed by atoms with Crippen molar-refractivity contribution < 1.29 is 14.4 Å². The van der Waals surface area contributed by atoms with Crippen LogP contribution >= 0.6 is 0 Å². The Morgan fingerprint density at radius 1 is 1.26 bits per heavy atom. The number of rotatable bonds is 4. The molecule has 6 nitrogen and oxygen atoms in total. The van der Waals surface area contributed by atoms with Gasteiger partial charge in [-0.1, -0.05) is 11.2 Å². The Kier molecular flexibility index (Phi) is 4.23. The smallest absolute Gasteiger partial charge is 0.269 e. The molecule has 0 spiro atoms. The average Bonchev–Trinajstić information content (AvgIpc) is 3.07. The van der Waals surface area contributed by atoms with Crippen LogP contribution in [0.5, 0.6) is 5.75 Å². The molecule has 1 unspecified atom stereocenters. The number of nitrogens with zero attached hydrogens (tertiary/aromatic N) is 2. The number of hydrogen-bond donors (Lipinski definition) is 1. The molecule has 0 fully saturated rings. The Hall–Kier alpha value is -2.89. The van der Waals surface area contributed by atoms with Gasteiger partial charge in [0.25, 0.3) is 5.91 Å². The number of carbonyl (C=O) groups excluding carboxylic acids is 1. The second-order valence-corrected chi connectivity index (χ2v) is 5.27. The Bertz CT molecular complexity index is 724. The number of aryl methyl sites for hydroxylation is 1. The fraction of sp³-hybridized carbons (Fsp3) is 0.235. The molecule has 1 N–H and O–H groups in total. The molecule has 0 bridgehead atoms. The van der Waals surface area contributed by atoms with E-state index in [1.807, 2.05) is 37.3 Å². The van der Waals surface area contributed by atoms with Crippen LogP contribution in [0.3, 0.4) is 0 Å². The van der Waals surface area contributed by atoms with Crippen molar-refractivity contribution in [2.75, 3.05) is 12.4 Å². The quantitative estimate of drug-likeness (QED) is 0.941. The van der Waals surface area contributed by atoms with Gasteiger partial charge in [-0.25, -0.2) is 4.98 Å². The highest BCUT2D eigenvalue weighted by Crippen LogP contribution is 2.20. The molecule has 1 aromatic heterocycles. The fourth-order valence-corrected chi connectivity index (χ4v) is 2.22. The van der Waals surface area contributed by atoms with Gasteiger partial charge in [0.05, 0.1) is 12.8 Å². The molecule has 2 heterocycles. The first-order chi connectivity index (χ1) is 11.2. The summed E-state index contributed by atoms with van der Waals surface area (Å²) in [5.41, 5.74) is 2.68. The molecular formula is C17H17N3O3. The lowest BCUT2D eigenvalue weighted by atomic mass is 10.0. The zero-order valence-electron chi connectivity index (χ0n) is 12.9. The predicted molar refractivity (Wildman–Crippen MR) is 86.6 cm³/mol. The summed E-state index contributed by atoms with van der Waals surface area (Å²) in [6.45, 7) is 1.94. The van der Waals surface area contributed by atoms with Gasteiger partial charge in [-0.2, -0.15) is 0 Å². The van der Waals surface area contributed by atoms with Crippen molar-refractivity contribution in [3.05, 3.63) is 53.7 Å². The highest BCUT2D eigenvalue weighted by Gasteiger charge is 2.29. The van der Waals surface area contributed by atoms with E-state index in [1.54, 1.807) is 19.4 Å². The van der Waals surface area contributed by atoms with Crippen molar-refractivity contribution in [3.8, 4) is 5.75 Å². The van der Waals surface area contributed by atoms with E-state index in [1.165, 1.54) is 0 Å². The van der Waals surface area contributed by atoms with Gasteiger partial charge in [-0.3, -0.25) is 4.79 Å². The number of pyridine rings is 1. The van der Waals surface area contributed by atoms with Crippen LogP contribution in [-0.2, 0) is 9.63 Å². The Morgan fingerprint density at radius 3 is 2.70 bits per heavy atom. The Labute approximate surface area is 134 Å². The van der Waals surface area contributed by atoms with Gasteiger partial charge in [0, 0.05) is 12.6 Å². The minimum Gasteiger partial charge on any atom is -0.497 e. The number of carbonyl (C=O) groups is 1. The van der Waals surface area contributed by atoms with Gasteiger partial charge in [-0.05, 0) is 48.4 Å². The second-order valence-electron chi connectivity index (χ2n) is 5.27. The molecule has 1 aromatic carbocycles. The molecule has 2 aromatic rings. The van der Waals surface area contributed by atoms with Crippen molar-refractivity contribution >= 4 is 17.4 Å². The van der Waals surface area contributed by atoms with Crippen LogP contribution in [0, 0.1) is 6.92 Å². The van der Waals surface area contributed by atoms with Gasteiger partial charge in [0.1, 0.15) is 11.6 Å². The molecule has 1 amide bonds. The number of amides is 1. The Morgan fingerprint density at radius 2 is 2.04 bits per heavy atom. The third-order valence-corrected chi connectivity index (χ3v) is 3.55. The van der Waals surface area contributed by atoms with Crippen LogP contribution in [0.15, 0.2) is 47.8 Å². The number of ether oxygens (including phenoxy) is 1. The molecule has 0 radical (unpaired) electrons. The standard InChI is InChI=1S/C17H17N3O3/c1-11-3-8-16(18-10-11)19-17(21)15-9-14(20-23-15)12-4-6-13(22-2)7-5-12/h3-8,10,15H,9H2,1-2H3,(H,18,19,21). The van der Waals surface area contributed by atoms with Crippen molar-refractivity contribution in [2.45, 2.75) is 19.4 Å². The van der Waals surface area contributed by atoms with E-state index in [4.69, 9.17) is 9.57 Å². The second kappa shape index (κ2) is 6.48. The molecule has 0 aliphatic carbocycles. The first-order valence-electron chi connectivity index (χ1n) is 7.26. The summed E-state index contributed by atoms with van der Waals surface area (Å²) >= 11 is 0. The van der Waals surface area contributed by atoms with E-state index in [-0.39, 0.29) is 5.91 Å². The largest absolute Gasteiger partial charge is 0.497 e. The molecule has 1 atom stereocenters. The van der Waals surface area contributed by atoms with Gasteiger partial charge >= 0.3 is 0 Å². The zero-order valence-corrected chi connectivity index (χ0v) is 12.9. The lowest BCUT2D eigenvalue weighted by Gasteiger charge is -2.09. The van der Waals surface area contributed by atoms with E-state index < -0.39 is 6.10 Å². The van der Waals surface area contributed by atoms with Crippen LogP contribution in [-0.4, -0.2) is 29.8 Å². The summed E-state index contributed by atoms with van der Waals surface area (Å²) in [5, 5.41) is 6.75. The van der Waals surface area contributed by atoms with Gasteiger partial charge in [0.2, 0.25) is 6.10 Å². The van der Waals surface area contributed by atoms with Crippen LogP contribution in [0.25, 0.3) is 0 Å². The van der Waals surface area contributed by atoms with Crippen molar-refractivity contribution in [2.24, 2.45) is 5.16 Å². The maximum absolute atomic E-state index is 12.2.